The first-order valence-electron chi connectivity index (χ1n) is 7.85. The molecule has 124 valence electrons. The van der Waals surface area contributed by atoms with Gasteiger partial charge in [0.25, 0.3) is 0 Å². The van der Waals surface area contributed by atoms with E-state index in [1.54, 1.807) is 12.5 Å². The molecule has 0 aliphatic rings. The van der Waals surface area contributed by atoms with Crippen LogP contribution >= 0.6 is 0 Å². The van der Waals surface area contributed by atoms with Crippen LogP contribution in [0.25, 0.3) is 0 Å². The molecule has 0 saturated carbocycles. The molecule has 2 N–H and O–H groups in total. The number of anilines is 3. The molecule has 24 heavy (non-hydrogen) atoms. The van der Waals surface area contributed by atoms with Crippen molar-refractivity contribution in [3.05, 3.63) is 60.2 Å². The molecule has 2 heterocycles. The van der Waals surface area contributed by atoms with Gasteiger partial charge in [0.15, 0.2) is 5.82 Å². The van der Waals surface area contributed by atoms with Gasteiger partial charge in [-0.2, -0.15) is 10.1 Å². The van der Waals surface area contributed by atoms with E-state index in [0.717, 1.165) is 11.4 Å². The number of nitrogens with one attached hydrogen (secondary N) is 2. The second kappa shape index (κ2) is 6.70. The summed E-state index contributed by atoms with van der Waals surface area (Å²) in [6.07, 6.45) is 3.25. The minimum absolute atomic E-state index is 0.0322. The maximum absolute atomic E-state index is 5.28. The summed E-state index contributed by atoms with van der Waals surface area (Å²) in [5, 5.41) is 14.4. The number of furan rings is 1. The van der Waals surface area contributed by atoms with Crippen molar-refractivity contribution >= 4 is 17.5 Å². The van der Waals surface area contributed by atoms with Crippen molar-refractivity contribution in [2.75, 3.05) is 10.6 Å². The summed E-state index contributed by atoms with van der Waals surface area (Å²) in [5.41, 5.74) is 2.26. The Balaban J connectivity index is 1.75. The van der Waals surface area contributed by atoms with Crippen LogP contribution in [0.2, 0.25) is 0 Å². The van der Waals surface area contributed by atoms with E-state index in [9.17, 15) is 0 Å². The van der Waals surface area contributed by atoms with Crippen LogP contribution in [0.15, 0.2) is 53.3 Å². The van der Waals surface area contributed by atoms with Crippen molar-refractivity contribution in [3.63, 3.8) is 0 Å². The largest absolute Gasteiger partial charge is 0.467 e. The first kappa shape index (κ1) is 16.0. The average molecular weight is 323 g/mol. The van der Waals surface area contributed by atoms with Gasteiger partial charge >= 0.3 is 0 Å². The molecule has 0 radical (unpaired) electrons. The van der Waals surface area contributed by atoms with Crippen molar-refractivity contribution < 1.29 is 4.42 Å². The van der Waals surface area contributed by atoms with E-state index in [0.29, 0.717) is 18.3 Å². The lowest BCUT2D eigenvalue weighted by Gasteiger charge is -2.23. The minimum Gasteiger partial charge on any atom is -0.467 e. The highest BCUT2D eigenvalue weighted by Crippen LogP contribution is 2.30. The Bertz CT molecular complexity index is 793. The van der Waals surface area contributed by atoms with Gasteiger partial charge < -0.3 is 15.1 Å². The Morgan fingerprint density at radius 1 is 1.08 bits per heavy atom. The molecule has 0 bridgehead atoms. The minimum atomic E-state index is 0.0322. The molecule has 0 unspecified atom stereocenters. The molecule has 2 aromatic heterocycles. The molecule has 6 nitrogen and oxygen atoms in total. The first-order valence-corrected chi connectivity index (χ1v) is 7.85. The molecule has 0 aliphatic carbocycles. The second-order valence-corrected chi connectivity index (χ2v) is 6.52. The molecule has 3 rings (SSSR count). The summed E-state index contributed by atoms with van der Waals surface area (Å²) in [4.78, 5) is 4.45. The molecule has 0 saturated heterocycles. The average Bonchev–Trinajstić information content (AvgIpc) is 3.06. The monoisotopic (exact) mass is 323 g/mol. The molecule has 6 heteroatoms. The van der Waals surface area contributed by atoms with Crippen molar-refractivity contribution in [3.8, 4) is 0 Å². The van der Waals surface area contributed by atoms with Crippen molar-refractivity contribution in [2.45, 2.75) is 32.7 Å². The van der Waals surface area contributed by atoms with Crippen LogP contribution in [0, 0.1) is 0 Å². The number of aromatic nitrogens is 3. The summed E-state index contributed by atoms with van der Waals surface area (Å²) in [7, 11) is 0. The zero-order valence-corrected chi connectivity index (χ0v) is 14.1. The van der Waals surface area contributed by atoms with E-state index in [1.165, 1.54) is 5.56 Å². The molecule has 3 aromatic rings. The van der Waals surface area contributed by atoms with Crippen LogP contribution in [0.5, 0.6) is 0 Å². The maximum Gasteiger partial charge on any atom is 0.245 e. The zero-order chi connectivity index (χ0) is 17.0. The van der Waals surface area contributed by atoms with Gasteiger partial charge in [-0.3, -0.25) is 0 Å². The molecule has 1 aromatic carbocycles. The highest BCUT2D eigenvalue weighted by Gasteiger charge is 2.17. The number of para-hydroxylation sites is 1. The van der Waals surface area contributed by atoms with Crippen LogP contribution in [-0.4, -0.2) is 15.2 Å². The number of hydrogen-bond donors (Lipinski definition) is 2. The molecule has 0 atom stereocenters. The van der Waals surface area contributed by atoms with Crippen molar-refractivity contribution in [2.24, 2.45) is 0 Å². The van der Waals surface area contributed by atoms with E-state index < -0.39 is 0 Å². The third-order valence-electron chi connectivity index (χ3n) is 3.56. The SMILES string of the molecule is CC(C)(C)c1ccccc1Nc1cnnc(NCc2ccco2)n1. The predicted molar refractivity (Wildman–Crippen MR) is 94.3 cm³/mol. The van der Waals surface area contributed by atoms with Gasteiger partial charge in [0.2, 0.25) is 5.95 Å². The van der Waals surface area contributed by atoms with Gasteiger partial charge in [0.1, 0.15) is 5.76 Å². The standard InChI is InChI=1S/C18H21N5O/c1-18(2,3)14-8-4-5-9-15(14)21-16-12-20-23-17(22-16)19-11-13-7-6-10-24-13/h4-10,12H,11H2,1-3H3,(H2,19,21,22,23). The predicted octanol–water partition coefficient (Wildman–Crippen LogP) is 4.12. The smallest absolute Gasteiger partial charge is 0.245 e. The van der Waals surface area contributed by atoms with E-state index in [4.69, 9.17) is 4.42 Å². The molecule has 0 amide bonds. The van der Waals surface area contributed by atoms with Crippen molar-refractivity contribution in [1.82, 2.24) is 15.2 Å². The van der Waals surface area contributed by atoms with E-state index >= 15 is 0 Å². The zero-order valence-electron chi connectivity index (χ0n) is 14.1. The van der Waals surface area contributed by atoms with Gasteiger partial charge in [-0.25, -0.2) is 0 Å². The lowest BCUT2D eigenvalue weighted by molar-refractivity contribution is 0.517. The topological polar surface area (TPSA) is 75.9 Å². The number of benzene rings is 1. The summed E-state index contributed by atoms with van der Waals surface area (Å²) in [5.74, 6) is 1.91. The first-order chi connectivity index (χ1) is 11.5. The Labute approximate surface area is 141 Å². The number of nitrogens with zero attached hydrogens (tertiary/aromatic N) is 3. The molecular formula is C18H21N5O. The van der Waals surface area contributed by atoms with Gasteiger partial charge in [-0.15, -0.1) is 5.10 Å². The Morgan fingerprint density at radius 2 is 1.92 bits per heavy atom. The fourth-order valence-corrected chi connectivity index (χ4v) is 2.40. The molecule has 0 spiro atoms. The Hall–Kier alpha value is -2.89. The van der Waals surface area contributed by atoms with E-state index in [2.05, 4.69) is 52.7 Å². The molecule has 0 aliphatic heterocycles. The van der Waals surface area contributed by atoms with E-state index in [-0.39, 0.29) is 5.41 Å². The van der Waals surface area contributed by atoms with Crippen LogP contribution in [0.4, 0.5) is 17.5 Å². The lowest BCUT2D eigenvalue weighted by Crippen LogP contribution is -2.14. The van der Waals surface area contributed by atoms with Crippen LogP contribution in [0.1, 0.15) is 32.1 Å². The van der Waals surface area contributed by atoms with Gasteiger partial charge in [0.05, 0.1) is 19.0 Å². The normalized spacial score (nSPS) is 11.3. The summed E-state index contributed by atoms with van der Waals surface area (Å²) < 4.78 is 5.28. The van der Waals surface area contributed by atoms with Crippen LogP contribution in [-0.2, 0) is 12.0 Å². The van der Waals surface area contributed by atoms with Gasteiger partial charge in [-0.05, 0) is 29.2 Å². The van der Waals surface area contributed by atoms with Gasteiger partial charge in [-0.1, -0.05) is 39.0 Å². The van der Waals surface area contributed by atoms with Crippen molar-refractivity contribution in [1.29, 1.82) is 0 Å². The highest BCUT2D eigenvalue weighted by atomic mass is 16.3. The fraction of sp³-hybridized carbons (Fsp3) is 0.278. The second-order valence-electron chi connectivity index (χ2n) is 6.52. The van der Waals surface area contributed by atoms with Crippen LogP contribution < -0.4 is 10.6 Å². The summed E-state index contributed by atoms with van der Waals surface area (Å²) in [6, 6.07) is 11.9. The highest BCUT2D eigenvalue weighted by molar-refractivity contribution is 5.62. The maximum atomic E-state index is 5.28. The lowest BCUT2D eigenvalue weighted by atomic mass is 9.86. The van der Waals surface area contributed by atoms with Crippen LogP contribution in [0.3, 0.4) is 0 Å². The van der Waals surface area contributed by atoms with E-state index in [1.807, 2.05) is 30.3 Å². The third-order valence-corrected chi connectivity index (χ3v) is 3.56. The number of rotatable bonds is 5. The molecular weight excluding hydrogens is 302 g/mol. The number of hydrogen-bond acceptors (Lipinski definition) is 6. The summed E-state index contributed by atoms with van der Waals surface area (Å²) in [6.45, 7) is 7.06. The molecule has 0 fully saturated rings. The fourth-order valence-electron chi connectivity index (χ4n) is 2.40. The third kappa shape index (κ3) is 3.90. The Morgan fingerprint density at radius 3 is 2.67 bits per heavy atom. The Kier molecular flexibility index (Phi) is 4.46. The quantitative estimate of drug-likeness (QED) is 0.735. The van der Waals surface area contributed by atoms with Gasteiger partial charge in [0, 0.05) is 5.69 Å². The summed E-state index contributed by atoms with van der Waals surface area (Å²) >= 11 is 0.